The molecule has 0 saturated carbocycles. The zero-order chi connectivity index (χ0) is 23.1. The molecular formula is C23H27F3N2O4. The van der Waals surface area contributed by atoms with Crippen molar-refractivity contribution in [2.45, 2.75) is 25.2 Å². The molecule has 174 valence electrons. The highest BCUT2D eigenvalue weighted by Crippen LogP contribution is 2.31. The van der Waals surface area contributed by atoms with Crippen molar-refractivity contribution in [2.75, 3.05) is 40.0 Å². The van der Waals surface area contributed by atoms with E-state index < -0.39 is 17.8 Å². The summed E-state index contributed by atoms with van der Waals surface area (Å²) in [4.78, 5) is 14.7. The second-order valence-corrected chi connectivity index (χ2v) is 7.46. The van der Waals surface area contributed by atoms with E-state index in [4.69, 9.17) is 14.2 Å². The third kappa shape index (κ3) is 6.37. The summed E-state index contributed by atoms with van der Waals surface area (Å²) in [7, 11) is 1.56. The minimum absolute atomic E-state index is 0.237. The van der Waals surface area contributed by atoms with Crippen LogP contribution in [0.5, 0.6) is 11.5 Å². The van der Waals surface area contributed by atoms with E-state index in [2.05, 4.69) is 10.2 Å². The van der Waals surface area contributed by atoms with Crippen molar-refractivity contribution in [3.8, 4) is 11.5 Å². The van der Waals surface area contributed by atoms with E-state index in [9.17, 15) is 18.0 Å². The van der Waals surface area contributed by atoms with E-state index >= 15 is 0 Å². The van der Waals surface area contributed by atoms with E-state index in [0.717, 1.165) is 12.1 Å². The van der Waals surface area contributed by atoms with E-state index in [1.807, 2.05) is 0 Å². The quantitative estimate of drug-likeness (QED) is 0.662. The highest BCUT2D eigenvalue weighted by molar-refractivity contribution is 5.80. The number of hydrogen-bond donors (Lipinski definition) is 1. The first-order chi connectivity index (χ1) is 15.3. The molecule has 1 N–H and O–H groups in total. The van der Waals surface area contributed by atoms with Gasteiger partial charge >= 0.3 is 6.18 Å². The Morgan fingerprint density at radius 2 is 1.66 bits per heavy atom. The maximum absolute atomic E-state index is 12.9. The van der Waals surface area contributed by atoms with Crippen LogP contribution in [-0.4, -0.2) is 56.9 Å². The van der Waals surface area contributed by atoms with E-state index in [1.54, 1.807) is 38.3 Å². The van der Waals surface area contributed by atoms with E-state index in [0.29, 0.717) is 43.4 Å². The predicted octanol–water partition coefficient (Wildman–Crippen LogP) is 3.67. The second kappa shape index (κ2) is 10.7. The van der Waals surface area contributed by atoms with Gasteiger partial charge in [0.25, 0.3) is 5.91 Å². The number of nitrogens with zero attached hydrogens (tertiary/aromatic N) is 1. The van der Waals surface area contributed by atoms with Crippen LogP contribution < -0.4 is 14.8 Å². The Morgan fingerprint density at radius 3 is 2.22 bits per heavy atom. The van der Waals surface area contributed by atoms with Crippen molar-refractivity contribution in [3.63, 3.8) is 0 Å². The zero-order valence-electron chi connectivity index (χ0n) is 18.0. The van der Waals surface area contributed by atoms with Gasteiger partial charge in [0.2, 0.25) is 0 Å². The molecule has 1 aliphatic rings. The summed E-state index contributed by atoms with van der Waals surface area (Å²) in [5, 5.41) is 2.87. The number of morpholine rings is 1. The van der Waals surface area contributed by atoms with Gasteiger partial charge in [-0.15, -0.1) is 0 Å². The molecule has 2 unspecified atom stereocenters. The Morgan fingerprint density at radius 1 is 1.06 bits per heavy atom. The molecule has 2 aromatic carbocycles. The zero-order valence-corrected chi connectivity index (χ0v) is 18.0. The smallest absolute Gasteiger partial charge is 0.416 e. The maximum Gasteiger partial charge on any atom is 0.416 e. The average Bonchev–Trinajstić information content (AvgIpc) is 2.80. The molecule has 3 rings (SSSR count). The predicted molar refractivity (Wildman–Crippen MR) is 113 cm³/mol. The van der Waals surface area contributed by atoms with Crippen LogP contribution in [0.25, 0.3) is 0 Å². The molecule has 1 aliphatic heterocycles. The minimum Gasteiger partial charge on any atom is -0.497 e. The van der Waals surface area contributed by atoms with Gasteiger partial charge in [0.05, 0.1) is 31.9 Å². The summed E-state index contributed by atoms with van der Waals surface area (Å²) in [6.07, 6.45) is -5.14. The number of halogens is 3. The van der Waals surface area contributed by atoms with Gasteiger partial charge in [0.1, 0.15) is 11.5 Å². The molecular weight excluding hydrogens is 425 g/mol. The number of carbonyl (C=O) groups is 1. The Kier molecular flexibility index (Phi) is 7.98. The fraction of sp³-hybridized carbons (Fsp3) is 0.435. The molecule has 1 saturated heterocycles. The number of amides is 1. The molecule has 0 aliphatic carbocycles. The number of rotatable bonds is 8. The van der Waals surface area contributed by atoms with Crippen LogP contribution in [-0.2, 0) is 15.7 Å². The lowest BCUT2D eigenvalue weighted by atomic mass is 10.0. The summed E-state index contributed by atoms with van der Waals surface area (Å²) >= 11 is 0. The summed E-state index contributed by atoms with van der Waals surface area (Å²) in [5.41, 5.74) is -0.00328. The Labute approximate surface area is 185 Å². The van der Waals surface area contributed by atoms with E-state index in [1.165, 1.54) is 12.1 Å². The molecule has 0 radical (unpaired) electrons. The SMILES string of the molecule is COc1ccc(OC(C)C(=O)NCC(c2ccc(C(F)(F)F)cc2)N2CCOCC2)cc1. The first kappa shape index (κ1) is 23.9. The van der Waals surface area contributed by atoms with E-state index in [-0.39, 0.29) is 18.5 Å². The van der Waals surface area contributed by atoms with Gasteiger partial charge in [-0.2, -0.15) is 13.2 Å². The van der Waals surface area contributed by atoms with Gasteiger partial charge in [-0.25, -0.2) is 0 Å². The third-order valence-electron chi connectivity index (χ3n) is 5.32. The lowest BCUT2D eigenvalue weighted by Gasteiger charge is -2.35. The van der Waals surface area contributed by atoms with Gasteiger partial charge in [-0.05, 0) is 48.9 Å². The maximum atomic E-state index is 12.9. The van der Waals surface area contributed by atoms with Gasteiger partial charge in [-0.3, -0.25) is 9.69 Å². The van der Waals surface area contributed by atoms with Gasteiger partial charge < -0.3 is 19.5 Å². The molecule has 2 atom stereocenters. The lowest BCUT2D eigenvalue weighted by Crippen LogP contribution is -2.45. The molecule has 1 heterocycles. The van der Waals surface area contributed by atoms with Crippen molar-refractivity contribution in [2.24, 2.45) is 0 Å². The Balaban J connectivity index is 1.65. The second-order valence-electron chi connectivity index (χ2n) is 7.46. The van der Waals surface area contributed by atoms with Gasteiger partial charge in [0.15, 0.2) is 6.10 Å². The summed E-state index contributed by atoms with van der Waals surface area (Å²) < 4.78 is 55.0. The van der Waals surface area contributed by atoms with Crippen molar-refractivity contribution >= 4 is 5.91 Å². The number of nitrogens with one attached hydrogen (secondary N) is 1. The molecule has 32 heavy (non-hydrogen) atoms. The van der Waals surface area contributed by atoms with Crippen LogP contribution in [0.2, 0.25) is 0 Å². The van der Waals surface area contributed by atoms with Crippen LogP contribution in [0.4, 0.5) is 13.2 Å². The number of ether oxygens (including phenoxy) is 3. The molecule has 6 nitrogen and oxygen atoms in total. The Hall–Kier alpha value is -2.78. The molecule has 1 amide bonds. The molecule has 0 bridgehead atoms. The molecule has 9 heteroatoms. The van der Waals surface area contributed by atoms with Gasteiger partial charge in [0, 0.05) is 19.6 Å². The van der Waals surface area contributed by atoms with Crippen molar-refractivity contribution in [3.05, 3.63) is 59.7 Å². The van der Waals surface area contributed by atoms with Crippen LogP contribution in [0.3, 0.4) is 0 Å². The number of hydrogen-bond acceptors (Lipinski definition) is 5. The third-order valence-corrected chi connectivity index (χ3v) is 5.32. The standard InChI is InChI=1S/C23H27F3N2O4/c1-16(32-20-9-7-19(30-2)8-10-20)22(29)27-15-21(28-11-13-31-14-12-28)17-3-5-18(6-4-17)23(24,25)26/h3-10,16,21H,11-15H2,1-2H3,(H,27,29). The highest BCUT2D eigenvalue weighted by Gasteiger charge is 2.31. The molecule has 2 aromatic rings. The monoisotopic (exact) mass is 452 g/mol. The molecule has 1 fully saturated rings. The van der Waals surface area contributed by atoms with Crippen LogP contribution in [0, 0.1) is 0 Å². The van der Waals surface area contributed by atoms with Crippen LogP contribution in [0.1, 0.15) is 24.1 Å². The van der Waals surface area contributed by atoms with Crippen LogP contribution in [0.15, 0.2) is 48.5 Å². The number of alkyl halides is 3. The largest absolute Gasteiger partial charge is 0.497 e. The van der Waals surface area contributed by atoms with Crippen LogP contribution >= 0.6 is 0 Å². The average molecular weight is 452 g/mol. The summed E-state index contributed by atoms with van der Waals surface area (Å²) in [6, 6.07) is 11.7. The number of benzene rings is 2. The Bertz CT molecular complexity index is 866. The number of methoxy groups -OCH3 is 1. The van der Waals surface area contributed by atoms with Crippen molar-refractivity contribution in [1.29, 1.82) is 0 Å². The molecule has 0 aromatic heterocycles. The highest BCUT2D eigenvalue weighted by atomic mass is 19.4. The normalized spacial score (nSPS) is 16.8. The number of carbonyl (C=O) groups excluding carboxylic acids is 1. The fourth-order valence-electron chi connectivity index (χ4n) is 3.49. The van der Waals surface area contributed by atoms with Crippen molar-refractivity contribution in [1.82, 2.24) is 10.2 Å². The molecule has 0 spiro atoms. The summed E-state index contributed by atoms with van der Waals surface area (Å²) in [5.74, 6) is 0.895. The summed E-state index contributed by atoms with van der Waals surface area (Å²) in [6.45, 7) is 4.19. The topological polar surface area (TPSA) is 60.0 Å². The first-order valence-electron chi connectivity index (χ1n) is 10.4. The minimum atomic E-state index is -4.39. The van der Waals surface area contributed by atoms with Gasteiger partial charge in [-0.1, -0.05) is 12.1 Å². The fourth-order valence-corrected chi connectivity index (χ4v) is 3.49. The van der Waals surface area contributed by atoms with Crippen molar-refractivity contribution < 1.29 is 32.2 Å². The first-order valence-corrected chi connectivity index (χ1v) is 10.4. The lowest BCUT2D eigenvalue weighted by molar-refractivity contribution is -0.137.